The average molecular weight is 527 g/mol. The van der Waals surface area contributed by atoms with Crippen LogP contribution >= 0.6 is 23.5 Å². The fraction of sp³-hybridized carbons (Fsp3) is 0.667. The zero-order valence-corrected chi connectivity index (χ0v) is 26.5. The lowest BCUT2D eigenvalue weighted by atomic mass is 9.64. The van der Waals surface area contributed by atoms with Crippen molar-refractivity contribution in [2.45, 2.75) is 89.3 Å². The van der Waals surface area contributed by atoms with Crippen molar-refractivity contribution < 1.29 is 0 Å². The molecule has 2 heterocycles. The van der Waals surface area contributed by atoms with E-state index in [2.05, 4.69) is 126 Å². The topological polar surface area (TPSA) is 0 Å². The fourth-order valence-electron chi connectivity index (χ4n) is 7.77. The van der Waals surface area contributed by atoms with Crippen LogP contribution in [0.5, 0.6) is 0 Å². The molecular weight excluding hydrogens is 481 g/mol. The summed E-state index contributed by atoms with van der Waals surface area (Å²) in [5.74, 6) is 4.70. The highest BCUT2D eigenvalue weighted by molar-refractivity contribution is 8.07. The maximum Gasteiger partial charge on any atom is 0.0853 e. The molecule has 2 saturated carbocycles. The Morgan fingerprint density at radius 3 is 1.74 bits per heavy atom. The quantitative estimate of drug-likeness (QED) is 0.350. The highest BCUT2D eigenvalue weighted by Crippen LogP contribution is 2.67. The zero-order chi connectivity index (χ0) is 24.6. The lowest BCUT2D eigenvalue weighted by Crippen LogP contribution is -2.42. The molecule has 1 aromatic carbocycles. The van der Waals surface area contributed by atoms with E-state index in [1.54, 1.807) is 14.6 Å². The Hall–Kier alpha value is -0.166. The predicted octanol–water partition coefficient (Wildman–Crippen LogP) is 9.46. The van der Waals surface area contributed by atoms with Crippen LogP contribution in [0.2, 0.25) is 39.3 Å². The molecule has 2 fully saturated rings. The Labute approximate surface area is 220 Å². The van der Waals surface area contributed by atoms with Crippen molar-refractivity contribution in [3.05, 3.63) is 57.1 Å². The average Bonchev–Trinajstić information content (AvgIpc) is 3.47. The molecule has 0 saturated heterocycles. The molecule has 1 aromatic rings. The molecule has 0 spiro atoms. The van der Waals surface area contributed by atoms with E-state index in [0.29, 0.717) is 5.41 Å². The van der Waals surface area contributed by atoms with Crippen LogP contribution in [0, 0.1) is 35.0 Å². The van der Waals surface area contributed by atoms with Gasteiger partial charge in [-0.3, -0.25) is 0 Å². The van der Waals surface area contributed by atoms with Gasteiger partial charge in [0.15, 0.2) is 0 Å². The minimum Gasteiger partial charge on any atom is -0.131 e. The standard InChI is InChI=1S/C30H46S2Si2/c1-19-15-21(20-13-11-10-12-14-20)16-24(19)30(2,3)27-28-22(17-25(31-28)33(4,5)6)23-18-26(32-29(23)27)34(7,8)9/h10-14,17-19,21-24,27-29H,15-16H2,1-9H3/t19?,21-,22+,23?,24?,27?,28?,29?/m1/s1. The van der Waals surface area contributed by atoms with Gasteiger partial charge in [0.25, 0.3) is 0 Å². The fourth-order valence-corrected chi connectivity index (χ4v) is 16.1. The molecule has 0 radical (unpaired) electrons. The monoisotopic (exact) mass is 526 g/mol. The van der Waals surface area contributed by atoms with Gasteiger partial charge in [-0.05, 0) is 68.4 Å². The van der Waals surface area contributed by atoms with Gasteiger partial charge in [-0.15, -0.1) is 23.5 Å². The Morgan fingerprint density at radius 2 is 1.26 bits per heavy atom. The summed E-state index contributed by atoms with van der Waals surface area (Å²) in [7, 11) is -2.54. The molecule has 0 bridgehead atoms. The molecule has 5 rings (SSSR count). The molecule has 0 amide bonds. The first-order chi connectivity index (χ1) is 15.8. The third kappa shape index (κ3) is 4.31. The molecule has 0 N–H and O–H groups in total. The Kier molecular flexibility index (Phi) is 6.52. The van der Waals surface area contributed by atoms with Gasteiger partial charge in [-0.2, -0.15) is 0 Å². The summed E-state index contributed by atoms with van der Waals surface area (Å²) in [6, 6.07) is 11.4. The summed E-state index contributed by atoms with van der Waals surface area (Å²) in [4.78, 5) is 0. The van der Waals surface area contributed by atoms with Crippen LogP contribution in [0.3, 0.4) is 0 Å². The van der Waals surface area contributed by atoms with Gasteiger partial charge in [-0.1, -0.05) is 103 Å². The van der Waals surface area contributed by atoms with Crippen molar-refractivity contribution in [1.82, 2.24) is 0 Å². The van der Waals surface area contributed by atoms with E-state index in [0.717, 1.165) is 46.0 Å². The molecule has 6 unspecified atom stereocenters. The van der Waals surface area contributed by atoms with Crippen LogP contribution in [0.15, 0.2) is 51.5 Å². The first-order valence-electron chi connectivity index (χ1n) is 13.6. The van der Waals surface area contributed by atoms with Gasteiger partial charge in [0.05, 0.1) is 16.1 Å². The van der Waals surface area contributed by atoms with E-state index in [-0.39, 0.29) is 0 Å². The smallest absolute Gasteiger partial charge is 0.0853 e. The molecular formula is C30H46S2Si2. The van der Waals surface area contributed by atoms with Crippen LogP contribution in [0.25, 0.3) is 0 Å². The van der Waals surface area contributed by atoms with Gasteiger partial charge in [-0.25, -0.2) is 0 Å². The summed E-state index contributed by atoms with van der Waals surface area (Å²) in [5.41, 5.74) is 1.95. The number of hydrogen-bond acceptors (Lipinski definition) is 2. The maximum atomic E-state index is 2.80. The van der Waals surface area contributed by atoms with Gasteiger partial charge < -0.3 is 0 Å². The lowest BCUT2D eigenvalue weighted by molar-refractivity contribution is 0.0957. The Morgan fingerprint density at radius 1 is 0.765 bits per heavy atom. The minimum absolute atomic E-state index is 0.372. The van der Waals surface area contributed by atoms with E-state index >= 15 is 0 Å². The summed E-state index contributed by atoms with van der Waals surface area (Å²) in [6.45, 7) is 23.3. The largest absolute Gasteiger partial charge is 0.131 e. The number of fused-ring (bicyclic) bond motifs is 3. The van der Waals surface area contributed by atoms with Gasteiger partial charge in [0.2, 0.25) is 0 Å². The summed E-state index contributed by atoms with van der Waals surface area (Å²) >= 11 is 4.67. The summed E-state index contributed by atoms with van der Waals surface area (Å²) < 4.78 is 3.59. The summed E-state index contributed by atoms with van der Waals surface area (Å²) in [5, 5.41) is 1.59. The van der Waals surface area contributed by atoms with Crippen LogP contribution in [-0.2, 0) is 0 Å². The molecule has 0 nitrogen and oxygen atoms in total. The van der Waals surface area contributed by atoms with Crippen molar-refractivity contribution in [3.63, 3.8) is 0 Å². The highest BCUT2D eigenvalue weighted by atomic mass is 32.2. The first kappa shape index (κ1) is 25.5. The van der Waals surface area contributed by atoms with Gasteiger partial charge in [0, 0.05) is 10.5 Å². The second-order valence-electron chi connectivity index (χ2n) is 14.4. The van der Waals surface area contributed by atoms with Gasteiger partial charge in [0.1, 0.15) is 0 Å². The van der Waals surface area contributed by atoms with Crippen LogP contribution in [0.1, 0.15) is 45.1 Å². The minimum atomic E-state index is -1.27. The molecule has 4 heteroatoms. The zero-order valence-electron chi connectivity index (χ0n) is 22.9. The van der Waals surface area contributed by atoms with Crippen LogP contribution in [-0.4, -0.2) is 26.6 Å². The second-order valence-corrected chi connectivity index (χ2v) is 27.6. The van der Waals surface area contributed by atoms with E-state index in [4.69, 9.17) is 0 Å². The molecule has 2 aliphatic heterocycles. The Bertz CT molecular complexity index is 937. The van der Waals surface area contributed by atoms with Crippen LogP contribution < -0.4 is 0 Å². The molecule has 4 aliphatic rings. The number of allylic oxidation sites excluding steroid dienone is 2. The van der Waals surface area contributed by atoms with Gasteiger partial charge >= 0.3 is 0 Å². The van der Waals surface area contributed by atoms with Crippen molar-refractivity contribution in [1.29, 1.82) is 0 Å². The molecule has 2 aliphatic carbocycles. The predicted molar refractivity (Wildman–Crippen MR) is 161 cm³/mol. The Balaban J connectivity index is 1.47. The van der Waals surface area contributed by atoms with E-state index < -0.39 is 16.1 Å². The highest BCUT2D eigenvalue weighted by Gasteiger charge is 2.61. The number of hydrogen-bond donors (Lipinski definition) is 0. The number of rotatable bonds is 5. The first-order valence-corrected chi connectivity index (χ1v) is 22.4. The number of benzene rings is 1. The molecule has 8 atom stereocenters. The summed E-state index contributed by atoms with van der Waals surface area (Å²) in [6.07, 6.45) is 8.33. The molecule has 186 valence electrons. The van der Waals surface area contributed by atoms with Crippen molar-refractivity contribution >= 4 is 39.7 Å². The third-order valence-corrected chi connectivity index (χ3v) is 19.8. The third-order valence-electron chi connectivity index (χ3n) is 9.57. The molecule has 0 aromatic heterocycles. The van der Waals surface area contributed by atoms with Crippen molar-refractivity contribution in [2.24, 2.45) is 35.0 Å². The van der Waals surface area contributed by atoms with E-state index in [1.165, 1.54) is 12.8 Å². The number of thioether (sulfide) groups is 2. The second kappa shape index (κ2) is 8.70. The molecule has 34 heavy (non-hydrogen) atoms. The normalized spacial score (nSPS) is 38.0. The SMILES string of the molecule is CC1C[C@@H](c2ccccc2)CC1C(C)(C)C1C2SC([Si](C)(C)C)=CC2[C@@H]2C=C([Si](C)(C)C)SC12. The van der Waals surface area contributed by atoms with Crippen LogP contribution in [0.4, 0.5) is 0 Å². The van der Waals surface area contributed by atoms with E-state index in [1.807, 2.05) is 0 Å². The van der Waals surface area contributed by atoms with E-state index in [9.17, 15) is 0 Å². The van der Waals surface area contributed by atoms with Crippen molar-refractivity contribution in [3.8, 4) is 0 Å². The lowest BCUT2D eigenvalue weighted by Gasteiger charge is -2.45. The maximum absolute atomic E-state index is 2.80. The van der Waals surface area contributed by atoms with Crippen molar-refractivity contribution in [2.75, 3.05) is 0 Å².